The van der Waals surface area contributed by atoms with Crippen LogP contribution in [0.15, 0.2) is 24.3 Å². The molecule has 0 bridgehead atoms. The zero-order chi connectivity index (χ0) is 14.3. The Balaban J connectivity index is 2.39. The van der Waals surface area contributed by atoms with Crippen LogP contribution in [0.5, 0.6) is 0 Å². The molecule has 0 radical (unpaired) electrons. The smallest absolute Gasteiger partial charge is 0.303 e. The SMILES string of the molecule is CC(C)C(=O)Nc1ccc(CCCCC(=O)O)cc1. The van der Waals surface area contributed by atoms with E-state index in [9.17, 15) is 9.59 Å². The molecule has 0 saturated carbocycles. The Hall–Kier alpha value is -1.84. The highest BCUT2D eigenvalue weighted by Gasteiger charge is 2.06. The van der Waals surface area contributed by atoms with Crippen LogP contribution >= 0.6 is 0 Å². The molecule has 0 aliphatic rings. The van der Waals surface area contributed by atoms with Crippen molar-refractivity contribution in [1.29, 1.82) is 0 Å². The Kier molecular flexibility index (Phi) is 6.06. The van der Waals surface area contributed by atoms with Crippen LogP contribution in [-0.2, 0) is 16.0 Å². The Labute approximate surface area is 113 Å². The number of anilines is 1. The molecule has 0 unspecified atom stereocenters. The summed E-state index contributed by atoms with van der Waals surface area (Å²) in [6.45, 7) is 3.71. The monoisotopic (exact) mass is 263 g/mol. The number of nitrogens with one attached hydrogen (secondary N) is 1. The second-order valence-electron chi connectivity index (χ2n) is 4.94. The summed E-state index contributed by atoms with van der Waals surface area (Å²) < 4.78 is 0. The summed E-state index contributed by atoms with van der Waals surface area (Å²) in [5.41, 5.74) is 1.96. The Bertz CT molecular complexity index is 424. The highest BCUT2D eigenvalue weighted by Crippen LogP contribution is 2.13. The highest BCUT2D eigenvalue weighted by atomic mass is 16.4. The van der Waals surface area contributed by atoms with E-state index in [0.717, 1.165) is 24.1 Å². The van der Waals surface area contributed by atoms with Crippen LogP contribution in [0, 0.1) is 5.92 Å². The molecule has 1 amide bonds. The second kappa shape index (κ2) is 7.56. The standard InChI is InChI=1S/C15H21NO3/c1-11(2)15(19)16-13-9-7-12(8-10-13)5-3-4-6-14(17)18/h7-11H,3-6H2,1-2H3,(H,16,19)(H,17,18). The molecule has 0 spiro atoms. The molecule has 1 aromatic carbocycles. The van der Waals surface area contributed by atoms with Gasteiger partial charge in [0.1, 0.15) is 0 Å². The van der Waals surface area contributed by atoms with Crippen LogP contribution in [0.3, 0.4) is 0 Å². The summed E-state index contributed by atoms with van der Waals surface area (Å²) in [4.78, 5) is 21.9. The van der Waals surface area contributed by atoms with Crippen LogP contribution in [0.2, 0.25) is 0 Å². The van der Waals surface area contributed by atoms with Gasteiger partial charge in [-0.2, -0.15) is 0 Å². The van der Waals surface area contributed by atoms with Crippen molar-refractivity contribution in [3.05, 3.63) is 29.8 Å². The van der Waals surface area contributed by atoms with E-state index in [2.05, 4.69) is 5.32 Å². The minimum atomic E-state index is -0.744. The van der Waals surface area contributed by atoms with Crippen LogP contribution in [0.4, 0.5) is 5.69 Å². The lowest BCUT2D eigenvalue weighted by Gasteiger charge is -2.08. The summed E-state index contributed by atoms with van der Waals surface area (Å²) in [6.07, 6.45) is 2.65. The van der Waals surface area contributed by atoms with Gasteiger partial charge in [0, 0.05) is 18.0 Å². The molecular formula is C15H21NO3. The number of unbranched alkanes of at least 4 members (excludes halogenated alkanes) is 1. The summed E-state index contributed by atoms with van der Waals surface area (Å²) in [5, 5.41) is 11.4. The van der Waals surface area contributed by atoms with Gasteiger partial charge in [-0.3, -0.25) is 9.59 Å². The van der Waals surface area contributed by atoms with E-state index in [4.69, 9.17) is 5.11 Å². The number of carbonyl (C=O) groups excluding carboxylic acids is 1. The minimum Gasteiger partial charge on any atom is -0.481 e. The fourth-order valence-electron chi connectivity index (χ4n) is 1.65. The predicted octanol–water partition coefficient (Wildman–Crippen LogP) is 3.08. The first kappa shape index (κ1) is 15.2. The first-order valence-corrected chi connectivity index (χ1v) is 6.60. The molecule has 0 aromatic heterocycles. The summed E-state index contributed by atoms with van der Waals surface area (Å²) in [5.74, 6) is -0.767. The van der Waals surface area contributed by atoms with Crippen molar-refractivity contribution in [3.63, 3.8) is 0 Å². The van der Waals surface area contributed by atoms with Gasteiger partial charge < -0.3 is 10.4 Å². The lowest BCUT2D eigenvalue weighted by atomic mass is 10.1. The lowest BCUT2D eigenvalue weighted by Crippen LogP contribution is -2.17. The lowest BCUT2D eigenvalue weighted by molar-refractivity contribution is -0.137. The molecule has 0 aliphatic carbocycles. The molecule has 0 aliphatic heterocycles. The van der Waals surface area contributed by atoms with Gasteiger partial charge in [-0.15, -0.1) is 0 Å². The third-order valence-corrected chi connectivity index (χ3v) is 2.85. The maximum absolute atomic E-state index is 11.5. The summed E-state index contributed by atoms with van der Waals surface area (Å²) in [6, 6.07) is 7.70. The van der Waals surface area contributed by atoms with Gasteiger partial charge in [0.15, 0.2) is 0 Å². The summed E-state index contributed by atoms with van der Waals surface area (Å²) >= 11 is 0. The molecule has 0 fully saturated rings. The molecule has 104 valence electrons. The summed E-state index contributed by atoms with van der Waals surface area (Å²) in [7, 11) is 0. The van der Waals surface area contributed by atoms with Crippen LogP contribution < -0.4 is 5.32 Å². The number of rotatable bonds is 7. The number of amides is 1. The van der Waals surface area contributed by atoms with Crippen molar-refractivity contribution in [1.82, 2.24) is 0 Å². The predicted molar refractivity (Wildman–Crippen MR) is 75.1 cm³/mol. The van der Waals surface area contributed by atoms with Crippen LogP contribution in [0.1, 0.15) is 38.7 Å². The second-order valence-corrected chi connectivity index (χ2v) is 4.94. The van der Waals surface area contributed by atoms with E-state index in [1.165, 1.54) is 0 Å². The Morgan fingerprint density at radius 1 is 1.16 bits per heavy atom. The van der Waals surface area contributed by atoms with E-state index >= 15 is 0 Å². The van der Waals surface area contributed by atoms with E-state index in [0.29, 0.717) is 6.42 Å². The molecule has 0 atom stereocenters. The number of aryl methyl sites for hydroxylation is 1. The van der Waals surface area contributed by atoms with Gasteiger partial charge in [0.2, 0.25) is 5.91 Å². The van der Waals surface area contributed by atoms with Gasteiger partial charge >= 0.3 is 5.97 Å². The van der Waals surface area contributed by atoms with E-state index in [1.54, 1.807) is 0 Å². The van der Waals surface area contributed by atoms with Crippen molar-refractivity contribution in [2.24, 2.45) is 5.92 Å². The van der Waals surface area contributed by atoms with Crippen LogP contribution in [0.25, 0.3) is 0 Å². The van der Waals surface area contributed by atoms with Gasteiger partial charge in [-0.05, 0) is 37.0 Å². The van der Waals surface area contributed by atoms with Gasteiger partial charge in [0.05, 0.1) is 0 Å². The fraction of sp³-hybridized carbons (Fsp3) is 0.467. The molecule has 0 saturated heterocycles. The number of hydrogen-bond acceptors (Lipinski definition) is 2. The third kappa shape index (κ3) is 6.04. The molecule has 1 rings (SSSR count). The number of aliphatic carboxylic acids is 1. The van der Waals surface area contributed by atoms with E-state index in [1.807, 2.05) is 38.1 Å². The number of carbonyl (C=O) groups is 2. The van der Waals surface area contributed by atoms with Crippen molar-refractivity contribution in [2.75, 3.05) is 5.32 Å². The first-order valence-electron chi connectivity index (χ1n) is 6.60. The molecule has 4 nitrogen and oxygen atoms in total. The van der Waals surface area contributed by atoms with E-state index in [-0.39, 0.29) is 18.2 Å². The van der Waals surface area contributed by atoms with Crippen molar-refractivity contribution in [3.8, 4) is 0 Å². The molecule has 4 heteroatoms. The highest BCUT2D eigenvalue weighted by molar-refractivity contribution is 5.92. The molecule has 19 heavy (non-hydrogen) atoms. The largest absolute Gasteiger partial charge is 0.481 e. The quantitative estimate of drug-likeness (QED) is 0.743. The minimum absolute atomic E-state index is 0.00853. The zero-order valence-electron chi connectivity index (χ0n) is 11.5. The van der Waals surface area contributed by atoms with Crippen LogP contribution in [-0.4, -0.2) is 17.0 Å². The van der Waals surface area contributed by atoms with Crippen molar-refractivity contribution < 1.29 is 14.7 Å². The number of hydrogen-bond donors (Lipinski definition) is 2. The topological polar surface area (TPSA) is 66.4 Å². The molecular weight excluding hydrogens is 242 g/mol. The fourth-order valence-corrected chi connectivity index (χ4v) is 1.65. The maximum Gasteiger partial charge on any atom is 0.303 e. The Morgan fingerprint density at radius 2 is 1.79 bits per heavy atom. The normalized spacial score (nSPS) is 10.5. The number of carboxylic acids is 1. The van der Waals surface area contributed by atoms with Crippen molar-refractivity contribution >= 4 is 17.6 Å². The third-order valence-electron chi connectivity index (χ3n) is 2.85. The zero-order valence-corrected chi connectivity index (χ0v) is 11.5. The van der Waals surface area contributed by atoms with Gasteiger partial charge in [0.25, 0.3) is 0 Å². The molecule has 0 heterocycles. The number of carboxylic acid groups (broad SMARTS) is 1. The molecule has 2 N–H and O–H groups in total. The van der Waals surface area contributed by atoms with Gasteiger partial charge in [-0.25, -0.2) is 0 Å². The average molecular weight is 263 g/mol. The van der Waals surface area contributed by atoms with Crippen molar-refractivity contribution in [2.45, 2.75) is 39.5 Å². The Morgan fingerprint density at radius 3 is 2.32 bits per heavy atom. The average Bonchev–Trinajstić information content (AvgIpc) is 2.36. The van der Waals surface area contributed by atoms with Gasteiger partial charge in [-0.1, -0.05) is 26.0 Å². The maximum atomic E-state index is 11.5. The first-order chi connectivity index (χ1) is 8.99. The van der Waals surface area contributed by atoms with E-state index < -0.39 is 5.97 Å². The molecule has 1 aromatic rings. The number of benzene rings is 1.